The van der Waals surface area contributed by atoms with Crippen molar-refractivity contribution in [1.29, 1.82) is 0 Å². The lowest BCUT2D eigenvalue weighted by molar-refractivity contribution is -0.142. The van der Waals surface area contributed by atoms with Gasteiger partial charge >= 0.3 is 0 Å². The van der Waals surface area contributed by atoms with E-state index in [0.717, 1.165) is 18.2 Å². The standard InChI is InChI=1S/C32H34N4O6/c1-34-27-22-11-6-7-12-23(22)36(19-24(37)20-9-4-3-5-10-20)32(40)26(27)29(41-2)28(34)30(38)33-21-14-16-35(17-15-21)31(39)25-13-8-18-42-25/h3-7,9-12,21,25H,8,13-19H2,1-2H3,(H,33,38). The molecular formula is C32H34N4O6. The van der Waals surface area contributed by atoms with E-state index < -0.39 is 5.56 Å². The lowest BCUT2D eigenvalue weighted by Crippen LogP contribution is -2.49. The number of ether oxygens (including phenoxy) is 2. The summed E-state index contributed by atoms with van der Waals surface area (Å²) in [6.07, 6.45) is 2.55. The molecule has 218 valence electrons. The number of hydrogen-bond acceptors (Lipinski definition) is 6. The molecule has 1 N–H and O–H groups in total. The largest absolute Gasteiger partial charge is 0.493 e. The first-order chi connectivity index (χ1) is 20.4. The van der Waals surface area contributed by atoms with Crippen LogP contribution in [0.2, 0.25) is 0 Å². The number of pyridine rings is 1. The summed E-state index contributed by atoms with van der Waals surface area (Å²) in [6.45, 7) is 1.56. The number of benzene rings is 2. The number of aryl methyl sites for hydroxylation is 1. The molecule has 2 amide bonds. The molecule has 2 saturated heterocycles. The van der Waals surface area contributed by atoms with Gasteiger partial charge in [-0.25, -0.2) is 0 Å². The Morgan fingerprint density at radius 2 is 1.71 bits per heavy atom. The Morgan fingerprint density at radius 1 is 1.00 bits per heavy atom. The molecule has 0 aliphatic carbocycles. The second-order valence-electron chi connectivity index (χ2n) is 10.9. The predicted octanol–water partition coefficient (Wildman–Crippen LogP) is 3.28. The van der Waals surface area contributed by atoms with E-state index in [4.69, 9.17) is 9.47 Å². The van der Waals surface area contributed by atoms with Gasteiger partial charge in [0.05, 0.1) is 24.7 Å². The Hall–Kier alpha value is -4.44. The average molecular weight is 571 g/mol. The van der Waals surface area contributed by atoms with Gasteiger partial charge in [0.25, 0.3) is 17.4 Å². The molecule has 2 aromatic heterocycles. The Labute approximate surface area is 242 Å². The van der Waals surface area contributed by atoms with Crippen molar-refractivity contribution in [3.8, 4) is 5.75 Å². The van der Waals surface area contributed by atoms with E-state index in [1.807, 2.05) is 29.2 Å². The van der Waals surface area contributed by atoms with Crippen molar-refractivity contribution in [3.63, 3.8) is 0 Å². The minimum Gasteiger partial charge on any atom is -0.493 e. The van der Waals surface area contributed by atoms with Crippen LogP contribution < -0.4 is 15.6 Å². The average Bonchev–Trinajstić information content (AvgIpc) is 3.66. The van der Waals surface area contributed by atoms with Gasteiger partial charge in [0.15, 0.2) is 17.2 Å². The molecule has 0 spiro atoms. The van der Waals surface area contributed by atoms with E-state index >= 15 is 0 Å². The minimum atomic E-state index is -0.402. The second kappa shape index (κ2) is 11.4. The fraction of sp³-hybridized carbons (Fsp3) is 0.375. The minimum absolute atomic E-state index is 0.0292. The maximum Gasteiger partial charge on any atom is 0.272 e. The molecule has 42 heavy (non-hydrogen) atoms. The number of nitrogens with one attached hydrogen (secondary N) is 1. The Bertz CT molecular complexity index is 1730. The van der Waals surface area contributed by atoms with Gasteiger partial charge < -0.3 is 24.3 Å². The zero-order chi connectivity index (χ0) is 29.4. The zero-order valence-electron chi connectivity index (χ0n) is 23.8. The molecule has 6 rings (SSSR count). The van der Waals surface area contributed by atoms with Gasteiger partial charge in [-0.1, -0.05) is 48.5 Å². The van der Waals surface area contributed by atoms with Crippen molar-refractivity contribution in [3.05, 3.63) is 76.2 Å². The summed E-state index contributed by atoms with van der Waals surface area (Å²) in [4.78, 5) is 55.4. The normalized spacial score (nSPS) is 17.6. The van der Waals surface area contributed by atoms with Crippen LogP contribution in [0.4, 0.5) is 0 Å². The summed E-state index contributed by atoms with van der Waals surface area (Å²) >= 11 is 0. The number of Topliss-reactive ketones (excluding diaryl/α,β-unsaturated/α-hetero) is 1. The smallest absolute Gasteiger partial charge is 0.272 e. The van der Waals surface area contributed by atoms with Crippen LogP contribution in [0.3, 0.4) is 0 Å². The van der Waals surface area contributed by atoms with Gasteiger partial charge in [0, 0.05) is 43.7 Å². The van der Waals surface area contributed by atoms with E-state index in [1.54, 1.807) is 41.9 Å². The number of para-hydroxylation sites is 1. The Kier molecular flexibility index (Phi) is 7.55. The number of hydrogen-bond donors (Lipinski definition) is 1. The number of nitrogens with zero attached hydrogens (tertiary/aromatic N) is 3. The monoisotopic (exact) mass is 570 g/mol. The van der Waals surface area contributed by atoms with Crippen molar-refractivity contribution in [1.82, 2.24) is 19.4 Å². The first-order valence-electron chi connectivity index (χ1n) is 14.4. The molecule has 2 aliphatic heterocycles. The predicted molar refractivity (Wildman–Crippen MR) is 158 cm³/mol. The summed E-state index contributed by atoms with van der Waals surface area (Å²) in [5, 5.41) is 4.09. The molecule has 0 saturated carbocycles. The van der Waals surface area contributed by atoms with E-state index in [0.29, 0.717) is 49.1 Å². The van der Waals surface area contributed by atoms with E-state index in [-0.39, 0.29) is 53.1 Å². The highest BCUT2D eigenvalue weighted by Crippen LogP contribution is 2.35. The zero-order valence-corrected chi connectivity index (χ0v) is 23.8. The van der Waals surface area contributed by atoms with Crippen molar-refractivity contribution in [2.45, 2.75) is 44.4 Å². The molecule has 4 heterocycles. The summed E-state index contributed by atoms with van der Waals surface area (Å²) in [5.41, 5.74) is 1.51. The van der Waals surface area contributed by atoms with Gasteiger partial charge in [0.2, 0.25) is 0 Å². The molecule has 0 radical (unpaired) electrons. The van der Waals surface area contributed by atoms with Crippen LogP contribution in [0.1, 0.15) is 46.5 Å². The number of aromatic nitrogens is 2. The van der Waals surface area contributed by atoms with Gasteiger partial charge in [-0.3, -0.25) is 23.7 Å². The Balaban J connectivity index is 1.32. The number of likely N-dealkylation sites (tertiary alicyclic amines) is 1. The van der Waals surface area contributed by atoms with Crippen LogP contribution in [0.5, 0.6) is 5.75 Å². The fourth-order valence-corrected chi connectivity index (χ4v) is 6.27. The quantitative estimate of drug-likeness (QED) is 0.342. The van der Waals surface area contributed by atoms with Crippen LogP contribution in [0.15, 0.2) is 59.4 Å². The third-order valence-electron chi connectivity index (χ3n) is 8.42. The number of rotatable bonds is 7. The number of methoxy groups -OCH3 is 1. The molecule has 2 fully saturated rings. The van der Waals surface area contributed by atoms with Crippen molar-refractivity contribution in [2.24, 2.45) is 7.05 Å². The maximum atomic E-state index is 14.0. The van der Waals surface area contributed by atoms with Gasteiger partial charge in [-0.15, -0.1) is 0 Å². The highest BCUT2D eigenvalue weighted by atomic mass is 16.5. The lowest BCUT2D eigenvalue weighted by Gasteiger charge is -2.33. The number of carbonyl (C=O) groups excluding carboxylic acids is 3. The van der Waals surface area contributed by atoms with Gasteiger partial charge in [-0.05, 0) is 31.7 Å². The molecular weight excluding hydrogens is 536 g/mol. The van der Waals surface area contributed by atoms with Crippen LogP contribution in [0.25, 0.3) is 21.8 Å². The highest BCUT2D eigenvalue weighted by Gasteiger charge is 2.33. The fourth-order valence-electron chi connectivity index (χ4n) is 6.27. The number of piperidine rings is 1. The van der Waals surface area contributed by atoms with Crippen LogP contribution >= 0.6 is 0 Å². The topological polar surface area (TPSA) is 112 Å². The van der Waals surface area contributed by atoms with Gasteiger partial charge in [0.1, 0.15) is 11.5 Å². The maximum absolute atomic E-state index is 14.0. The van der Waals surface area contributed by atoms with Gasteiger partial charge in [-0.2, -0.15) is 0 Å². The summed E-state index contributed by atoms with van der Waals surface area (Å²) < 4.78 is 14.4. The third kappa shape index (κ3) is 4.85. The lowest BCUT2D eigenvalue weighted by atomic mass is 10.0. The molecule has 10 nitrogen and oxygen atoms in total. The first-order valence-corrected chi connectivity index (χ1v) is 14.4. The SMILES string of the molecule is COc1c(C(=O)NC2CCN(C(=O)C3CCCO3)CC2)n(C)c2c1c(=O)n(CC(=O)c1ccccc1)c1ccccc21. The second-order valence-corrected chi connectivity index (χ2v) is 10.9. The van der Waals surface area contributed by atoms with Crippen LogP contribution in [0, 0.1) is 0 Å². The molecule has 2 aromatic carbocycles. The molecule has 1 unspecified atom stereocenters. The number of amides is 2. The Morgan fingerprint density at radius 3 is 2.40 bits per heavy atom. The van der Waals surface area contributed by atoms with E-state index in [9.17, 15) is 19.2 Å². The van der Waals surface area contributed by atoms with Crippen molar-refractivity contribution < 1.29 is 23.9 Å². The van der Waals surface area contributed by atoms with Crippen molar-refractivity contribution >= 4 is 39.4 Å². The first kappa shape index (κ1) is 27.7. The molecule has 4 aromatic rings. The summed E-state index contributed by atoms with van der Waals surface area (Å²) in [6, 6.07) is 16.1. The molecule has 2 aliphatic rings. The molecule has 0 bridgehead atoms. The number of fused-ring (bicyclic) bond motifs is 3. The van der Waals surface area contributed by atoms with E-state index in [1.165, 1.54) is 11.7 Å². The summed E-state index contributed by atoms with van der Waals surface area (Å²) in [5.74, 6) is -0.349. The van der Waals surface area contributed by atoms with Crippen LogP contribution in [-0.2, 0) is 23.1 Å². The third-order valence-corrected chi connectivity index (χ3v) is 8.42. The number of carbonyl (C=O) groups is 3. The molecule has 10 heteroatoms. The highest BCUT2D eigenvalue weighted by molar-refractivity contribution is 6.12. The molecule has 1 atom stereocenters. The summed E-state index contributed by atoms with van der Waals surface area (Å²) in [7, 11) is 3.18. The van der Waals surface area contributed by atoms with Crippen LogP contribution in [-0.4, -0.2) is 70.6 Å². The van der Waals surface area contributed by atoms with E-state index in [2.05, 4.69) is 5.32 Å². The van der Waals surface area contributed by atoms with Crippen molar-refractivity contribution in [2.75, 3.05) is 26.8 Å². The number of ketones is 1.